The molecule has 0 saturated carbocycles. The van der Waals surface area contributed by atoms with Crippen molar-refractivity contribution >= 4 is 27.5 Å². The van der Waals surface area contributed by atoms with E-state index in [0.717, 1.165) is 11.3 Å². The molecule has 0 atom stereocenters. The minimum atomic E-state index is -3.25. The number of sulfone groups is 1. The molecule has 0 radical (unpaired) electrons. The Labute approximate surface area is 145 Å². The van der Waals surface area contributed by atoms with Crippen LogP contribution in [0, 0.1) is 0 Å². The Kier molecular flexibility index (Phi) is 4.26. The second-order valence-electron chi connectivity index (χ2n) is 5.17. The molecule has 0 aliphatic carbocycles. The SMILES string of the molecule is C=Cc1nnc(-c2ccc(S(C)(=O)=O)cc2)n1-c1ccccc1Cl. The van der Waals surface area contributed by atoms with Crippen molar-refractivity contribution in [1.29, 1.82) is 0 Å². The van der Waals surface area contributed by atoms with E-state index in [0.29, 0.717) is 16.7 Å². The van der Waals surface area contributed by atoms with Crippen molar-refractivity contribution in [3.8, 4) is 17.1 Å². The third-order valence-corrected chi connectivity index (χ3v) is 4.95. The van der Waals surface area contributed by atoms with Crippen LogP contribution in [0.3, 0.4) is 0 Å². The van der Waals surface area contributed by atoms with Gasteiger partial charge in [0, 0.05) is 11.8 Å². The highest BCUT2D eigenvalue weighted by atomic mass is 35.5. The Bertz CT molecular complexity index is 1010. The van der Waals surface area contributed by atoms with Crippen molar-refractivity contribution in [2.45, 2.75) is 4.90 Å². The predicted molar refractivity (Wildman–Crippen MR) is 95.0 cm³/mol. The Morgan fingerprint density at radius 3 is 2.33 bits per heavy atom. The fourth-order valence-corrected chi connectivity index (χ4v) is 3.19. The standard InChI is InChI=1S/C17H14ClN3O2S/c1-3-16-19-20-17(21(16)15-7-5-4-6-14(15)18)12-8-10-13(11-9-12)24(2,22)23/h3-11H,1H2,2H3. The molecule has 0 aliphatic rings. The molecule has 0 N–H and O–H groups in total. The van der Waals surface area contributed by atoms with Crippen LogP contribution in [0.1, 0.15) is 5.82 Å². The van der Waals surface area contributed by atoms with Crippen molar-refractivity contribution in [3.05, 3.63) is 66.0 Å². The van der Waals surface area contributed by atoms with E-state index in [2.05, 4.69) is 16.8 Å². The molecule has 0 spiro atoms. The highest BCUT2D eigenvalue weighted by molar-refractivity contribution is 7.90. The lowest BCUT2D eigenvalue weighted by Crippen LogP contribution is -2.01. The lowest BCUT2D eigenvalue weighted by molar-refractivity contribution is 0.602. The van der Waals surface area contributed by atoms with Crippen molar-refractivity contribution in [3.63, 3.8) is 0 Å². The summed E-state index contributed by atoms with van der Waals surface area (Å²) in [6.45, 7) is 3.75. The van der Waals surface area contributed by atoms with Gasteiger partial charge in [-0.2, -0.15) is 0 Å². The van der Waals surface area contributed by atoms with Crippen LogP contribution in [0.15, 0.2) is 60.0 Å². The van der Waals surface area contributed by atoms with Crippen molar-refractivity contribution in [1.82, 2.24) is 14.8 Å². The Morgan fingerprint density at radius 2 is 1.75 bits per heavy atom. The second-order valence-corrected chi connectivity index (χ2v) is 7.59. The lowest BCUT2D eigenvalue weighted by Gasteiger charge is -2.11. The van der Waals surface area contributed by atoms with E-state index in [9.17, 15) is 8.42 Å². The molecule has 7 heteroatoms. The number of para-hydroxylation sites is 1. The van der Waals surface area contributed by atoms with E-state index in [1.807, 2.05) is 18.2 Å². The van der Waals surface area contributed by atoms with E-state index in [4.69, 9.17) is 11.6 Å². The molecule has 5 nitrogen and oxygen atoms in total. The van der Waals surface area contributed by atoms with E-state index in [1.54, 1.807) is 41.0 Å². The van der Waals surface area contributed by atoms with E-state index >= 15 is 0 Å². The zero-order valence-electron chi connectivity index (χ0n) is 12.8. The molecule has 24 heavy (non-hydrogen) atoms. The molecule has 0 amide bonds. The fourth-order valence-electron chi connectivity index (χ4n) is 2.34. The third kappa shape index (κ3) is 2.98. The van der Waals surface area contributed by atoms with Crippen LogP contribution < -0.4 is 0 Å². The lowest BCUT2D eigenvalue weighted by atomic mass is 10.2. The Hall–Kier alpha value is -2.44. The zero-order valence-corrected chi connectivity index (χ0v) is 14.4. The first kappa shape index (κ1) is 16.4. The first-order chi connectivity index (χ1) is 11.4. The second kappa shape index (κ2) is 6.22. The highest BCUT2D eigenvalue weighted by Gasteiger charge is 2.16. The molecule has 2 aromatic carbocycles. The topological polar surface area (TPSA) is 64.8 Å². The molecule has 0 fully saturated rings. The Balaban J connectivity index is 2.18. The maximum absolute atomic E-state index is 11.6. The highest BCUT2D eigenvalue weighted by Crippen LogP contribution is 2.28. The number of aromatic nitrogens is 3. The van der Waals surface area contributed by atoms with Crippen LogP contribution in [0.5, 0.6) is 0 Å². The minimum absolute atomic E-state index is 0.249. The number of halogens is 1. The minimum Gasteiger partial charge on any atom is -0.274 e. The Morgan fingerprint density at radius 1 is 1.08 bits per heavy atom. The maximum atomic E-state index is 11.6. The van der Waals surface area contributed by atoms with Crippen LogP contribution in [-0.4, -0.2) is 29.4 Å². The summed E-state index contributed by atoms with van der Waals surface area (Å²) in [5.41, 5.74) is 1.45. The van der Waals surface area contributed by atoms with Crippen LogP contribution in [-0.2, 0) is 9.84 Å². The third-order valence-electron chi connectivity index (χ3n) is 3.50. The van der Waals surface area contributed by atoms with Gasteiger partial charge in [-0.1, -0.05) is 30.3 Å². The molecule has 0 aliphatic heterocycles. The number of nitrogens with zero attached hydrogens (tertiary/aromatic N) is 3. The average Bonchev–Trinajstić information content (AvgIpc) is 2.98. The predicted octanol–water partition coefficient (Wildman–Crippen LogP) is 3.63. The summed E-state index contributed by atoms with van der Waals surface area (Å²) in [6, 6.07) is 13.8. The summed E-state index contributed by atoms with van der Waals surface area (Å²) in [6.07, 6.45) is 2.76. The summed E-state index contributed by atoms with van der Waals surface area (Å²) in [5, 5.41) is 8.87. The number of rotatable bonds is 4. The van der Waals surface area contributed by atoms with Gasteiger partial charge in [0.05, 0.1) is 15.6 Å². The molecule has 1 aromatic heterocycles. The van der Waals surface area contributed by atoms with Gasteiger partial charge in [-0.15, -0.1) is 10.2 Å². The first-order valence-electron chi connectivity index (χ1n) is 7.05. The van der Waals surface area contributed by atoms with Crippen LogP contribution in [0.4, 0.5) is 0 Å². The monoisotopic (exact) mass is 359 g/mol. The first-order valence-corrected chi connectivity index (χ1v) is 9.32. The summed E-state index contributed by atoms with van der Waals surface area (Å²) >= 11 is 6.30. The van der Waals surface area contributed by atoms with Gasteiger partial charge in [0.15, 0.2) is 21.5 Å². The number of benzene rings is 2. The van der Waals surface area contributed by atoms with Gasteiger partial charge >= 0.3 is 0 Å². The fraction of sp³-hybridized carbons (Fsp3) is 0.0588. The summed E-state index contributed by atoms with van der Waals surface area (Å²) in [5.74, 6) is 1.10. The van der Waals surface area contributed by atoms with Crippen molar-refractivity contribution in [2.24, 2.45) is 0 Å². The molecule has 0 bridgehead atoms. The van der Waals surface area contributed by atoms with Gasteiger partial charge < -0.3 is 0 Å². The number of hydrogen-bond acceptors (Lipinski definition) is 4. The number of hydrogen-bond donors (Lipinski definition) is 0. The smallest absolute Gasteiger partial charge is 0.175 e. The summed E-state index contributed by atoms with van der Waals surface area (Å²) in [4.78, 5) is 0.249. The van der Waals surface area contributed by atoms with Gasteiger partial charge in [0.1, 0.15) is 0 Å². The van der Waals surface area contributed by atoms with Crippen LogP contribution in [0.25, 0.3) is 23.2 Å². The maximum Gasteiger partial charge on any atom is 0.175 e. The van der Waals surface area contributed by atoms with Crippen molar-refractivity contribution < 1.29 is 8.42 Å². The summed E-state index contributed by atoms with van der Waals surface area (Å²) < 4.78 is 25.0. The van der Waals surface area contributed by atoms with Crippen molar-refractivity contribution in [2.75, 3.05) is 6.26 Å². The zero-order chi connectivity index (χ0) is 17.3. The molecule has 1 heterocycles. The van der Waals surface area contributed by atoms with Gasteiger partial charge in [0.25, 0.3) is 0 Å². The molecular formula is C17H14ClN3O2S. The molecule has 3 aromatic rings. The largest absolute Gasteiger partial charge is 0.274 e. The van der Waals surface area contributed by atoms with Gasteiger partial charge in [0.2, 0.25) is 0 Å². The van der Waals surface area contributed by atoms with Crippen LogP contribution >= 0.6 is 11.6 Å². The van der Waals surface area contributed by atoms with E-state index < -0.39 is 9.84 Å². The van der Waals surface area contributed by atoms with E-state index in [-0.39, 0.29) is 4.90 Å². The van der Waals surface area contributed by atoms with E-state index in [1.165, 1.54) is 6.26 Å². The normalized spacial score (nSPS) is 11.4. The van der Waals surface area contributed by atoms with Gasteiger partial charge in [-0.05, 0) is 42.5 Å². The molecule has 0 saturated heterocycles. The molecular weight excluding hydrogens is 346 g/mol. The van der Waals surface area contributed by atoms with Gasteiger partial charge in [-0.25, -0.2) is 8.42 Å². The summed E-state index contributed by atoms with van der Waals surface area (Å²) in [7, 11) is -3.25. The van der Waals surface area contributed by atoms with Gasteiger partial charge in [-0.3, -0.25) is 4.57 Å². The molecule has 3 rings (SSSR count). The average molecular weight is 360 g/mol. The van der Waals surface area contributed by atoms with Crippen LogP contribution in [0.2, 0.25) is 5.02 Å². The molecule has 0 unspecified atom stereocenters. The quantitative estimate of drug-likeness (QED) is 0.713. The molecule has 122 valence electrons.